The van der Waals surface area contributed by atoms with Crippen LogP contribution in [0.4, 0.5) is 5.69 Å². The van der Waals surface area contributed by atoms with E-state index in [0.717, 1.165) is 11.4 Å². The van der Waals surface area contributed by atoms with Gasteiger partial charge in [-0.3, -0.25) is 4.79 Å². The maximum absolute atomic E-state index is 11.9. The summed E-state index contributed by atoms with van der Waals surface area (Å²) in [6.07, 6.45) is 2.13. The van der Waals surface area contributed by atoms with Crippen molar-refractivity contribution in [1.29, 1.82) is 0 Å². The lowest BCUT2D eigenvalue weighted by atomic mass is 10.2. The van der Waals surface area contributed by atoms with Crippen molar-refractivity contribution in [2.75, 3.05) is 18.1 Å². The summed E-state index contributed by atoms with van der Waals surface area (Å²) in [7, 11) is 0. The summed E-state index contributed by atoms with van der Waals surface area (Å²) < 4.78 is 0. The third-order valence-corrected chi connectivity index (χ3v) is 3.58. The number of amides is 1. The van der Waals surface area contributed by atoms with Gasteiger partial charge >= 0.3 is 0 Å². The van der Waals surface area contributed by atoms with Crippen molar-refractivity contribution >= 4 is 23.4 Å². The van der Waals surface area contributed by atoms with Crippen LogP contribution in [0.3, 0.4) is 0 Å². The molecule has 1 amide bonds. The van der Waals surface area contributed by atoms with Crippen LogP contribution in [0.25, 0.3) is 0 Å². The van der Waals surface area contributed by atoms with E-state index in [1.807, 2.05) is 24.3 Å². The average molecular weight is 266 g/mol. The van der Waals surface area contributed by atoms with Gasteiger partial charge in [0.15, 0.2) is 0 Å². The largest absolute Gasteiger partial charge is 0.392 e. The van der Waals surface area contributed by atoms with E-state index in [-0.39, 0.29) is 11.9 Å². The molecule has 1 aliphatic rings. The van der Waals surface area contributed by atoms with Crippen molar-refractivity contribution in [3.63, 3.8) is 0 Å². The summed E-state index contributed by atoms with van der Waals surface area (Å²) in [5.74, 6) is 0.897. The van der Waals surface area contributed by atoms with Gasteiger partial charge in [0.2, 0.25) is 5.91 Å². The van der Waals surface area contributed by atoms with Crippen LogP contribution in [0.5, 0.6) is 0 Å². The molecule has 18 heavy (non-hydrogen) atoms. The monoisotopic (exact) mass is 266 g/mol. The minimum Gasteiger partial charge on any atom is -0.392 e. The van der Waals surface area contributed by atoms with Gasteiger partial charge in [-0.15, -0.1) is 0 Å². The van der Waals surface area contributed by atoms with Crippen LogP contribution in [0.1, 0.15) is 12.0 Å². The fraction of sp³-hybridized carbons (Fsp3) is 0.462. The highest BCUT2D eigenvalue weighted by atomic mass is 32.2. The lowest BCUT2D eigenvalue weighted by Gasteiger charge is -2.11. The number of nitrogens with one attached hydrogen (secondary N) is 2. The van der Waals surface area contributed by atoms with Gasteiger partial charge in [-0.1, -0.05) is 12.1 Å². The molecule has 4 nitrogen and oxygen atoms in total. The minimum absolute atomic E-state index is 0.0795. The Kier molecular flexibility index (Phi) is 4.63. The minimum atomic E-state index is -0.412. The maximum Gasteiger partial charge on any atom is 0.241 e. The van der Waals surface area contributed by atoms with Crippen LogP contribution >= 0.6 is 11.8 Å². The Balaban J connectivity index is 1.90. The molecular weight excluding hydrogens is 248 g/mol. The van der Waals surface area contributed by atoms with Crippen LogP contribution in [-0.4, -0.2) is 36.0 Å². The predicted molar refractivity (Wildman–Crippen MR) is 74.7 cm³/mol. The number of carbonyl (C=O) groups is 1. The number of hydrogen-bond acceptors (Lipinski definition) is 4. The molecule has 3 N–H and O–H groups in total. The fourth-order valence-corrected chi connectivity index (χ4v) is 2.52. The van der Waals surface area contributed by atoms with Crippen LogP contribution in [-0.2, 0) is 10.5 Å². The molecule has 1 aromatic carbocycles. The average Bonchev–Trinajstić information content (AvgIpc) is 2.79. The first-order valence-corrected chi connectivity index (χ1v) is 7.38. The number of thioether (sulfide) groups is 1. The van der Waals surface area contributed by atoms with E-state index >= 15 is 0 Å². The Bertz CT molecular complexity index is 408. The Labute approximate surface area is 111 Å². The highest BCUT2D eigenvalue weighted by molar-refractivity contribution is 7.97. The Hall–Kier alpha value is -1.04. The number of carbonyl (C=O) groups excluding carboxylic acids is 1. The normalized spacial score (nSPS) is 23.0. The van der Waals surface area contributed by atoms with Gasteiger partial charge in [0.1, 0.15) is 0 Å². The van der Waals surface area contributed by atoms with E-state index in [1.54, 1.807) is 11.8 Å². The molecule has 0 aromatic heterocycles. The van der Waals surface area contributed by atoms with Gasteiger partial charge in [-0.05, 0) is 30.4 Å². The van der Waals surface area contributed by atoms with Crippen LogP contribution in [0, 0.1) is 0 Å². The molecule has 1 aliphatic heterocycles. The van der Waals surface area contributed by atoms with E-state index in [9.17, 15) is 9.90 Å². The van der Waals surface area contributed by atoms with Gasteiger partial charge in [0.25, 0.3) is 0 Å². The van der Waals surface area contributed by atoms with Crippen LogP contribution in [0.15, 0.2) is 24.3 Å². The number of aliphatic hydroxyl groups is 1. The molecule has 1 aromatic rings. The van der Waals surface area contributed by atoms with Gasteiger partial charge in [-0.25, -0.2) is 0 Å². The standard InChI is InChI=1S/C13H18N2O2S/c1-18-8-9-2-4-10(5-3-9)15-13(17)12-6-11(16)7-14-12/h2-5,11-12,14,16H,6-8H2,1H3,(H,15,17). The molecule has 1 heterocycles. The first-order valence-electron chi connectivity index (χ1n) is 5.99. The van der Waals surface area contributed by atoms with Crippen molar-refractivity contribution in [2.24, 2.45) is 0 Å². The van der Waals surface area contributed by atoms with E-state index in [0.29, 0.717) is 13.0 Å². The highest BCUT2D eigenvalue weighted by Crippen LogP contribution is 2.15. The summed E-state index contributed by atoms with van der Waals surface area (Å²) in [6.45, 7) is 0.491. The van der Waals surface area contributed by atoms with Crippen LogP contribution < -0.4 is 10.6 Å². The number of β-amino-alcohol motifs (C(OH)–C–C–N with tert-alkyl or cyclic N) is 1. The van der Waals surface area contributed by atoms with E-state index in [1.165, 1.54) is 5.56 Å². The Morgan fingerprint density at radius 1 is 1.50 bits per heavy atom. The molecule has 1 saturated heterocycles. The molecule has 0 radical (unpaired) electrons. The summed E-state index contributed by atoms with van der Waals surface area (Å²) in [4.78, 5) is 11.9. The quantitative estimate of drug-likeness (QED) is 0.766. The molecule has 0 saturated carbocycles. The number of anilines is 1. The summed E-state index contributed by atoms with van der Waals surface area (Å²) >= 11 is 1.77. The third kappa shape index (κ3) is 3.48. The third-order valence-electron chi connectivity index (χ3n) is 2.96. The van der Waals surface area contributed by atoms with Gasteiger partial charge in [-0.2, -0.15) is 11.8 Å². The van der Waals surface area contributed by atoms with Crippen molar-refractivity contribution in [2.45, 2.75) is 24.3 Å². The first kappa shape index (κ1) is 13.4. The smallest absolute Gasteiger partial charge is 0.241 e. The lowest BCUT2D eigenvalue weighted by molar-refractivity contribution is -0.117. The summed E-state index contributed by atoms with van der Waals surface area (Å²) in [6, 6.07) is 7.57. The molecule has 2 atom stereocenters. The molecule has 1 fully saturated rings. The predicted octanol–water partition coefficient (Wildman–Crippen LogP) is 1.21. The second kappa shape index (κ2) is 6.22. The molecular formula is C13H18N2O2S. The SMILES string of the molecule is CSCc1ccc(NC(=O)C2CC(O)CN2)cc1. The number of hydrogen-bond donors (Lipinski definition) is 3. The van der Waals surface area contributed by atoms with Gasteiger partial charge in [0.05, 0.1) is 12.1 Å². The summed E-state index contributed by atoms with van der Waals surface area (Å²) in [5, 5.41) is 15.2. The van der Waals surface area contributed by atoms with Crippen molar-refractivity contribution in [3.8, 4) is 0 Å². The molecule has 5 heteroatoms. The second-order valence-electron chi connectivity index (χ2n) is 4.47. The molecule has 98 valence electrons. The van der Waals surface area contributed by atoms with Gasteiger partial charge < -0.3 is 15.7 Å². The number of aliphatic hydroxyl groups excluding tert-OH is 1. The molecule has 2 unspecified atom stereocenters. The van der Waals surface area contributed by atoms with Crippen molar-refractivity contribution < 1.29 is 9.90 Å². The number of benzene rings is 1. The maximum atomic E-state index is 11.9. The zero-order chi connectivity index (χ0) is 13.0. The van der Waals surface area contributed by atoms with E-state index < -0.39 is 6.10 Å². The second-order valence-corrected chi connectivity index (χ2v) is 5.34. The van der Waals surface area contributed by atoms with Crippen molar-refractivity contribution in [3.05, 3.63) is 29.8 Å². The molecule has 0 aliphatic carbocycles. The summed E-state index contributed by atoms with van der Waals surface area (Å²) in [5.41, 5.74) is 2.04. The lowest BCUT2D eigenvalue weighted by Crippen LogP contribution is -2.35. The van der Waals surface area contributed by atoms with Crippen molar-refractivity contribution in [1.82, 2.24) is 5.32 Å². The zero-order valence-electron chi connectivity index (χ0n) is 10.3. The molecule has 2 rings (SSSR count). The highest BCUT2D eigenvalue weighted by Gasteiger charge is 2.27. The number of rotatable bonds is 4. The molecule has 0 spiro atoms. The molecule has 0 bridgehead atoms. The Morgan fingerprint density at radius 3 is 2.78 bits per heavy atom. The van der Waals surface area contributed by atoms with E-state index in [2.05, 4.69) is 16.9 Å². The fourth-order valence-electron chi connectivity index (χ4n) is 2.00. The van der Waals surface area contributed by atoms with Gasteiger partial charge in [0, 0.05) is 18.0 Å². The zero-order valence-corrected chi connectivity index (χ0v) is 11.2. The van der Waals surface area contributed by atoms with E-state index in [4.69, 9.17) is 0 Å². The van der Waals surface area contributed by atoms with Crippen LogP contribution in [0.2, 0.25) is 0 Å². The Morgan fingerprint density at radius 2 is 2.22 bits per heavy atom. The first-order chi connectivity index (χ1) is 8.69. The topological polar surface area (TPSA) is 61.4 Å².